The standard InChI is InChI=1S/C26H21N3O5/c1-33-25-15-20-9-3-2-8-19(20)14-23(25)26(30)28-27-16-21-10-4-5-12-24(21)34-17-18-7-6-11-22(13-18)29(31)32/h2-16H,17H2,1H3,(H,28,30). The van der Waals surface area contributed by atoms with Crippen molar-refractivity contribution in [2.24, 2.45) is 5.10 Å². The van der Waals surface area contributed by atoms with Crippen LogP contribution < -0.4 is 14.9 Å². The summed E-state index contributed by atoms with van der Waals surface area (Å²) in [5.41, 5.74) is 4.20. The normalized spacial score (nSPS) is 10.9. The third-order valence-corrected chi connectivity index (χ3v) is 5.12. The number of hydrogen-bond acceptors (Lipinski definition) is 6. The molecule has 4 aromatic rings. The number of rotatable bonds is 8. The van der Waals surface area contributed by atoms with E-state index in [2.05, 4.69) is 10.5 Å². The Morgan fingerprint density at radius 3 is 2.47 bits per heavy atom. The molecule has 0 spiro atoms. The van der Waals surface area contributed by atoms with Gasteiger partial charge in [0.1, 0.15) is 18.1 Å². The molecule has 0 bridgehead atoms. The van der Waals surface area contributed by atoms with E-state index in [4.69, 9.17) is 9.47 Å². The van der Waals surface area contributed by atoms with Crippen LogP contribution in [0.15, 0.2) is 90.0 Å². The van der Waals surface area contributed by atoms with Gasteiger partial charge in [-0.2, -0.15) is 5.10 Å². The number of non-ortho nitro benzene ring substituents is 1. The van der Waals surface area contributed by atoms with Gasteiger partial charge in [-0.05, 0) is 40.6 Å². The Hall–Kier alpha value is -4.72. The minimum atomic E-state index is -0.447. The summed E-state index contributed by atoms with van der Waals surface area (Å²) in [6.07, 6.45) is 1.48. The van der Waals surface area contributed by atoms with Crippen molar-refractivity contribution in [3.05, 3.63) is 112 Å². The molecule has 34 heavy (non-hydrogen) atoms. The highest BCUT2D eigenvalue weighted by atomic mass is 16.6. The minimum absolute atomic E-state index is 0.00257. The van der Waals surface area contributed by atoms with Gasteiger partial charge in [0, 0.05) is 17.7 Å². The highest BCUT2D eigenvalue weighted by molar-refractivity contribution is 6.02. The maximum Gasteiger partial charge on any atom is 0.275 e. The third kappa shape index (κ3) is 5.18. The lowest BCUT2D eigenvalue weighted by Gasteiger charge is -2.10. The number of benzene rings is 4. The van der Waals surface area contributed by atoms with Crippen molar-refractivity contribution < 1.29 is 19.2 Å². The van der Waals surface area contributed by atoms with Gasteiger partial charge in [0.15, 0.2) is 0 Å². The van der Waals surface area contributed by atoms with Crippen molar-refractivity contribution in [2.75, 3.05) is 7.11 Å². The zero-order valence-electron chi connectivity index (χ0n) is 18.3. The number of carbonyl (C=O) groups excluding carboxylic acids is 1. The lowest BCUT2D eigenvalue weighted by molar-refractivity contribution is -0.384. The van der Waals surface area contributed by atoms with Gasteiger partial charge in [0.2, 0.25) is 0 Å². The molecule has 0 unspecified atom stereocenters. The van der Waals surface area contributed by atoms with Crippen molar-refractivity contribution in [3.8, 4) is 11.5 Å². The van der Waals surface area contributed by atoms with Gasteiger partial charge in [-0.25, -0.2) is 5.43 Å². The van der Waals surface area contributed by atoms with Crippen LogP contribution in [0.2, 0.25) is 0 Å². The van der Waals surface area contributed by atoms with E-state index in [0.29, 0.717) is 28.2 Å². The second-order valence-electron chi connectivity index (χ2n) is 7.35. The first kappa shape index (κ1) is 22.5. The number of hydrazone groups is 1. The molecule has 0 fully saturated rings. The highest BCUT2D eigenvalue weighted by Crippen LogP contribution is 2.26. The SMILES string of the molecule is COc1cc2ccccc2cc1C(=O)NN=Cc1ccccc1OCc1cccc([N+](=O)[O-])c1. The van der Waals surface area contributed by atoms with E-state index in [0.717, 1.165) is 10.8 Å². The summed E-state index contributed by atoms with van der Waals surface area (Å²) < 4.78 is 11.2. The number of amides is 1. The van der Waals surface area contributed by atoms with Crippen LogP contribution in [0.1, 0.15) is 21.5 Å². The molecule has 170 valence electrons. The maximum absolute atomic E-state index is 12.7. The summed E-state index contributed by atoms with van der Waals surface area (Å²) in [5, 5.41) is 16.9. The Labute approximate surface area is 195 Å². The second-order valence-corrected chi connectivity index (χ2v) is 7.35. The molecule has 0 saturated heterocycles. The van der Waals surface area contributed by atoms with Crippen molar-refractivity contribution in [2.45, 2.75) is 6.61 Å². The first-order valence-electron chi connectivity index (χ1n) is 10.4. The molecule has 0 heterocycles. The van der Waals surface area contributed by atoms with Gasteiger partial charge in [-0.15, -0.1) is 0 Å². The lowest BCUT2D eigenvalue weighted by atomic mass is 10.1. The number of nitro groups is 1. The van der Waals surface area contributed by atoms with Gasteiger partial charge in [-0.3, -0.25) is 14.9 Å². The summed E-state index contributed by atoms with van der Waals surface area (Å²) >= 11 is 0. The van der Waals surface area contributed by atoms with Crippen LogP contribution in [0.25, 0.3) is 10.8 Å². The molecule has 8 heteroatoms. The summed E-state index contributed by atoms with van der Waals surface area (Å²) in [4.78, 5) is 23.3. The van der Waals surface area contributed by atoms with Crippen molar-refractivity contribution in [1.29, 1.82) is 0 Å². The quantitative estimate of drug-likeness (QED) is 0.226. The summed E-state index contributed by atoms with van der Waals surface area (Å²) in [6.45, 7) is 0.146. The van der Waals surface area contributed by atoms with Crippen LogP contribution in [0, 0.1) is 10.1 Å². The average molecular weight is 455 g/mol. The molecule has 1 amide bonds. The minimum Gasteiger partial charge on any atom is -0.496 e. The van der Waals surface area contributed by atoms with Crippen LogP contribution in [0.4, 0.5) is 5.69 Å². The van der Waals surface area contributed by atoms with Crippen molar-refractivity contribution in [1.82, 2.24) is 5.43 Å². The Morgan fingerprint density at radius 1 is 0.971 bits per heavy atom. The Kier molecular flexibility index (Phi) is 6.78. The smallest absolute Gasteiger partial charge is 0.275 e. The second kappa shape index (κ2) is 10.3. The molecule has 0 aromatic heterocycles. The number of hydrogen-bond donors (Lipinski definition) is 1. The van der Waals surface area contributed by atoms with Crippen LogP contribution in [-0.4, -0.2) is 24.2 Å². The maximum atomic E-state index is 12.7. The van der Waals surface area contributed by atoms with Gasteiger partial charge < -0.3 is 9.47 Å². The Morgan fingerprint density at radius 2 is 1.71 bits per heavy atom. The van der Waals surface area contributed by atoms with E-state index in [-0.39, 0.29) is 12.3 Å². The molecule has 0 aliphatic heterocycles. The molecule has 4 rings (SSSR count). The summed E-state index contributed by atoms with van der Waals surface area (Å²) in [7, 11) is 1.51. The molecular weight excluding hydrogens is 434 g/mol. The number of para-hydroxylation sites is 1. The third-order valence-electron chi connectivity index (χ3n) is 5.12. The van der Waals surface area contributed by atoms with Gasteiger partial charge >= 0.3 is 0 Å². The average Bonchev–Trinajstić information content (AvgIpc) is 2.87. The van der Waals surface area contributed by atoms with Crippen molar-refractivity contribution in [3.63, 3.8) is 0 Å². The first-order valence-corrected chi connectivity index (χ1v) is 10.4. The molecule has 0 saturated carbocycles. The zero-order valence-corrected chi connectivity index (χ0v) is 18.3. The van der Waals surface area contributed by atoms with E-state index < -0.39 is 10.8 Å². The summed E-state index contributed by atoms with van der Waals surface area (Å²) in [5.74, 6) is 0.566. The molecule has 0 aliphatic rings. The molecule has 0 aliphatic carbocycles. The van der Waals surface area contributed by atoms with E-state index in [1.54, 1.807) is 36.4 Å². The Balaban J connectivity index is 1.47. The predicted molar refractivity (Wildman–Crippen MR) is 129 cm³/mol. The molecule has 4 aromatic carbocycles. The fourth-order valence-corrected chi connectivity index (χ4v) is 3.43. The predicted octanol–water partition coefficient (Wildman–Crippen LogP) is 5.10. The number of nitrogens with zero attached hydrogens (tertiary/aromatic N) is 2. The monoisotopic (exact) mass is 455 g/mol. The fourth-order valence-electron chi connectivity index (χ4n) is 3.43. The topological polar surface area (TPSA) is 103 Å². The van der Waals surface area contributed by atoms with Gasteiger partial charge in [0.25, 0.3) is 11.6 Å². The van der Waals surface area contributed by atoms with Crippen molar-refractivity contribution >= 4 is 28.6 Å². The lowest BCUT2D eigenvalue weighted by Crippen LogP contribution is -2.18. The zero-order chi connectivity index (χ0) is 23.9. The van der Waals surface area contributed by atoms with Crippen LogP contribution >= 0.6 is 0 Å². The van der Waals surface area contributed by atoms with Crippen LogP contribution in [-0.2, 0) is 6.61 Å². The summed E-state index contributed by atoms with van der Waals surface area (Å²) in [6, 6.07) is 24.7. The number of nitrogens with one attached hydrogen (secondary N) is 1. The first-order chi connectivity index (χ1) is 16.5. The van der Waals surface area contributed by atoms with E-state index in [9.17, 15) is 14.9 Å². The molecule has 8 nitrogen and oxygen atoms in total. The van der Waals surface area contributed by atoms with Crippen LogP contribution in [0.5, 0.6) is 11.5 Å². The number of carbonyl (C=O) groups is 1. The van der Waals surface area contributed by atoms with Gasteiger partial charge in [0.05, 0.1) is 23.8 Å². The number of ether oxygens (including phenoxy) is 2. The number of fused-ring (bicyclic) bond motifs is 1. The van der Waals surface area contributed by atoms with E-state index in [1.807, 2.05) is 36.4 Å². The Bertz CT molecular complexity index is 1380. The number of methoxy groups -OCH3 is 1. The molecule has 1 N–H and O–H groups in total. The molecular formula is C26H21N3O5. The number of nitro benzene ring substituents is 1. The van der Waals surface area contributed by atoms with Gasteiger partial charge in [-0.1, -0.05) is 48.5 Å². The van der Waals surface area contributed by atoms with Crippen LogP contribution in [0.3, 0.4) is 0 Å². The largest absolute Gasteiger partial charge is 0.496 e. The highest BCUT2D eigenvalue weighted by Gasteiger charge is 2.13. The van der Waals surface area contributed by atoms with E-state index in [1.165, 1.54) is 25.5 Å². The molecule has 0 atom stereocenters. The van der Waals surface area contributed by atoms with E-state index >= 15 is 0 Å². The fraction of sp³-hybridized carbons (Fsp3) is 0.0769. The molecule has 0 radical (unpaired) electrons.